The molecule has 0 spiro atoms. The maximum Gasteiger partial charge on any atom is 0.240 e. The Morgan fingerprint density at radius 3 is 2.52 bits per heavy atom. The van der Waals surface area contributed by atoms with Crippen molar-refractivity contribution in [3.8, 4) is 11.5 Å². The summed E-state index contributed by atoms with van der Waals surface area (Å²) in [6.07, 6.45) is 1.88. The number of hydrogen-bond donors (Lipinski definition) is 1. The van der Waals surface area contributed by atoms with E-state index in [2.05, 4.69) is 4.72 Å². The molecular formula is C23H28N2O5S. The third-order valence-electron chi connectivity index (χ3n) is 5.98. The van der Waals surface area contributed by atoms with Gasteiger partial charge in [-0.25, -0.2) is 13.1 Å². The van der Waals surface area contributed by atoms with Gasteiger partial charge in [0.05, 0.1) is 19.1 Å². The van der Waals surface area contributed by atoms with Crippen molar-refractivity contribution in [2.75, 3.05) is 25.7 Å². The first-order chi connectivity index (χ1) is 14.7. The van der Waals surface area contributed by atoms with E-state index in [1.165, 1.54) is 7.11 Å². The van der Waals surface area contributed by atoms with Crippen LogP contribution in [0, 0.1) is 5.92 Å². The second-order valence-corrected chi connectivity index (χ2v) is 10.5. The molecule has 166 valence electrons. The molecule has 1 saturated carbocycles. The van der Waals surface area contributed by atoms with Gasteiger partial charge in [0.15, 0.2) is 0 Å². The van der Waals surface area contributed by atoms with Crippen molar-refractivity contribution in [1.82, 2.24) is 4.72 Å². The highest BCUT2D eigenvalue weighted by Gasteiger charge is 2.43. The van der Waals surface area contributed by atoms with Crippen LogP contribution in [0.1, 0.15) is 37.8 Å². The van der Waals surface area contributed by atoms with Gasteiger partial charge in [-0.05, 0) is 54.8 Å². The van der Waals surface area contributed by atoms with Gasteiger partial charge in [0.25, 0.3) is 0 Å². The summed E-state index contributed by atoms with van der Waals surface area (Å²) in [6, 6.07) is 10.3. The van der Waals surface area contributed by atoms with E-state index in [1.807, 2.05) is 18.7 Å². The molecule has 1 aliphatic carbocycles. The van der Waals surface area contributed by atoms with Crippen molar-refractivity contribution >= 4 is 21.6 Å². The highest BCUT2D eigenvalue weighted by molar-refractivity contribution is 7.89. The van der Waals surface area contributed by atoms with Gasteiger partial charge in [0.2, 0.25) is 15.9 Å². The molecule has 0 atom stereocenters. The Balaban J connectivity index is 1.59. The van der Waals surface area contributed by atoms with Crippen LogP contribution in [0.25, 0.3) is 0 Å². The molecule has 0 aromatic heterocycles. The average molecular weight is 445 g/mol. The Morgan fingerprint density at radius 1 is 1.13 bits per heavy atom. The van der Waals surface area contributed by atoms with Crippen molar-refractivity contribution in [1.29, 1.82) is 0 Å². The minimum Gasteiger partial charge on any atom is -0.497 e. The van der Waals surface area contributed by atoms with Crippen molar-refractivity contribution in [3.63, 3.8) is 0 Å². The number of amides is 1. The molecule has 0 saturated heterocycles. The number of ether oxygens (including phenoxy) is 2. The Kier molecular flexibility index (Phi) is 5.47. The smallest absolute Gasteiger partial charge is 0.240 e. The number of methoxy groups -OCH3 is 2. The molecule has 1 aliphatic heterocycles. The molecule has 1 amide bonds. The predicted octanol–water partition coefficient (Wildman–Crippen LogP) is 3.22. The summed E-state index contributed by atoms with van der Waals surface area (Å²) in [5, 5.41) is 0. The van der Waals surface area contributed by atoms with Gasteiger partial charge in [-0.1, -0.05) is 13.8 Å². The zero-order chi connectivity index (χ0) is 22.4. The fourth-order valence-electron chi connectivity index (χ4n) is 4.05. The molecular weight excluding hydrogens is 416 g/mol. The molecule has 1 fully saturated rings. The number of benzene rings is 2. The molecule has 0 bridgehead atoms. The van der Waals surface area contributed by atoms with E-state index in [4.69, 9.17) is 9.47 Å². The summed E-state index contributed by atoms with van der Waals surface area (Å²) in [4.78, 5) is 14.7. The van der Waals surface area contributed by atoms with Gasteiger partial charge in [-0.15, -0.1) is 0 Å². The lowest BCUT2D eigenvalue weighted by atomic mass is 9.87. The summed E-state index contributed by atoms with van der Waals surface area (Å²) >= 11 is 0. The molecule has 8 heteroatoms. The first-order valence-electron chi connectivity index (χ1n) is 10.3. The molecule has 7 nitrogen and oxygen atoms in total. The Labute approximate surface area is 183 Å². The third kappa shape index (κ3) is 4.14. The normalized spacial score (nSPS) is 17.4. The van der Waals surface area contributed by atoms with Crippen molar-refractivity contribution in [2.45, 2.75) is 43.5 Å². The van der Waals surface area contributed by atoms with Crippen molar-refractivity contribution < 1.29 is 22.7 Å². The standard InChI is InChI=1S/C23H28N2O5S/c1-23(2)14-25(22(26)15-5-6-15)20-9-8-18(12-19(20)23)31(27,28)24-13-16-11-17(29-3)7-10-21(16)30-4/h7-12,15,24H,5-6,13-14H2,1-4H3. The number of carbonyl (C=O) groups is 1. The second kappa shape index (κ2) is 7.84. The number of hydrogen-bond acceptors (Lipinski definition) is 5. The van der Waals surface area contributed by atoms with Crippen LogP contribution in [0.4, 0.5) is 5.69 Å². The largest absolute Gasteiger partial charge is 0.497 e. The summed E-state index contributed by atoms with van der Waals surface area (Å²) in [7, 11) is -0.673. The minimum atomic E-state index is -3.77. The van der Waals surface area contributed by atoms with Crippen LogP contribution in [0.3, 0.4) is 0 Å². The molecule has 1 N–H and O–H groups in total. The first kappa shape index (κ1) is 21.6. The summed E-state index contributed by atoms with van der Waals surface area (Å²) in [6.45, 7) is 4.71. The topological polar surface area (TPSA) is 84.9 Å². The molecule has 1 heterocycles. The van der Waals surface area contributed by atoms with E-state index in [0.29, 0.717) is 23.6 Å². The zero-order valence-electron chi connectivity index (χ0n) is 18.3. The van der Waals surface area contributed by atoms with Crippen molar-refractivity contribution in [2.24, 2.45) is 5.92 Å². The second-order valence-electron chi connectivity index (χ2n) is 8.76. The lowest BCUT2D eigenvalue weighted by molar-refractivity contribution is -0.119. The number of anilines is 1. The van der Waals surface area contributed by atoms with Gasteiger partial charge in [0.1, 0.15) is 11.5 Å². The summed E-state index contributed by atoms with van der Waals surface area (Å²) in [5.41, 5.74) is 2.05. The number of fused-ring (bicyclic) bond motifs is 1. The number of nitrogens with zero attached hydrogens (tertiary/aromatic N) is 1. The Hall–Kier alpha value is -2.58. The number of nitrogens with one attached hydrogen (secondary N) is 1. The summed E-state index contributed by atoms with van der Waals surface area (Å²) in [5.74, 6) is 1.46. The molecule has 31 heavy (non-hydrogen) atoms. The lowest BCUT2D eigenvalue weighted by Gasteiger charge is -2.20. The van der Waals surface area contributed by atoms with E-state index in [9.17, 15) is 13.2 Å². The monoisotopic (exact) mass is 444 g/mol. The van der Waals surface area contributed by atoms with Gasteiger partial charge in [-0.2, -0.15) is 0 Å². The number of carbonyl (C=O) groups excluding carboxylic acids is 1. The lowest BCUT2D eigenvalue weighted by Crippen LogP contribution is -2.34. The van der Waals surface area contributed by atoms with Crippen molar-refractivity contribution in [3.05, 3.63) is 47.5 Å². The Morgan fingerprint density at radius 2 is 1.87 bits per heavy atom. The van der Waals surface area contributed by atoms with Crippen LogP contribution < -0.4 is 19.1 Å². The van der Waals surface area contributed by atoms with Crippen LogP contribution >= 0.6 is 0 Å². The Bertz CT molecular complexity index is 1120. The van der Waals surface area contributed by atoms with Crippen LogP contribution in [0.2, 0.25) is 0 Å². The molecule has 2 aliphatic rings. The van der Waals surface area contributed by atoms with E-state index in [-0.39, 0.29) is 28.7 Å². The average Bonchev–Trinajstić information content (AvgIpc) is 3.56. The van der Waals surface area contributed by atoms with Gasteiger partial charge < -0.3 is 14.4 Å². The van der Waals surface area contributed by atoms with Gasteiger partial charge in [0, 0.05) is 35.7 Å². The SMILES string of the molecule is COc1ccc(OC)c(CNS(=O)(=O)c2ccc3c(c2)C(C)(C)CN3C(=O)C2CC2)c1. The molecule has 0 unspecified atom stereocenters. The van der Waals surface area contributed by atoms with Gasteiger partial charge >= 0.3 is 0 Å². The van der Waals surface area contributed by atoms with Crippen LogP contribution in [-0.2, 0) is 26.8 Å². The maximum atomic E-state index is 13.0. The fraction of sp³-hybridized carbons (Fsp3) is 0.435. The third-order valence-corrected chi connectivity index (χ3v) is 7.38. The van der Waals surface area contributed by atoms with E-state index >= 15 is 0 Å². The quantitative estimate of drug-likeness (QED) is 0.709. The molecule has 4 rings (SSSR count). The highest BCUT2D eigenvalue weighted by atomic mass is 32.2. The highest BCUT2D eigenvalue weighted by Crippen LogP contribution is 2.44. The fourth-order valence-corrected chi connectivity index (χ4v) is 5.08. The molecule has 2 aromatic rings. The molecule has 0 radical (unpaired) electrons. The van der Waals surface area contributed by atoms with E-state index < -0.39 is 10.0 Å². The van der Waals surface area contributed by atoms with Gasteiger partial charge in [-0.3, -0.25) is 4.79 Å². The minimum absolute atomic E-state index is 0.0650. The van der Waals surface area contributed by atoms with E-state index in [0.717, 1.165) is 24.1 Å². The number of sulfonamides is 1. The first-order valence-corrected chi connectivity index (χ1v) is 11.8. The van der Waals surface area contributed by atoms with Crippen LogP contribution in [0.5, 0.6) is 11.5 Å². The zero-order valence-corrected chi connectivity index (χ0v) is 19.1. The van der Waals surface area contributed by atoms with Crippen LogP contribution in [0.15, 0.2) is 41.3 Å². The summed E-state index contributed by atoms with van der Waals surface area (Å²) < 4.78 is 39.3. The molecule has 2 aromatic carbocycles. The van der Waals surface area contributed by atoms with Crippen LogP contribution in [-0.4, -0.2) is 35.1 Å². The van der Waals surface area contributed by atoms with E-state index in [1.54, 1.807) is 43.5 Å². The number of rotatable bonds is 7. The predicted molar refractivity (Wildman–Crippen MR) is 118 cm³/mol. The maximum absolute atomic E-state index is 13.0.